The fourth-order valence-corrected chi connectivity index (χ4v) is 2.76. The Bertz CT molecular complexity index is 618. The van der Waals surface area contributed by atoms with Crippen molar-refractivity contribution in [3.8, 4) is 11.1 Å². The van der Waals surface area contributed by atoms with Crippen LogP contribution in [0.25, 0.3) is 11.1 Å². The van der Waals surface area contributed by atoms with Gasteiger partial charge in [0.2, 0.25) is 0 Å². The van der Waals surface area contributed by atoms with E-state index >= 15 is 0 Å². The normalized spacial score (nSPS) is 14.1. The van der Waals surface area contributed by atoms with Crippen LogP contribution in [0.15, 0.2) is 42.5 Å². The molecule has 0 atom stereocenters. The van der Waals surface area contributed by atoms with Crippen LogP contribution >= 0.6 is 0 Å². The molecule has 0 amide bonds. The molecule has 96 valence electrons. The van der Waals surface area contributed by atoms with E-state index in [-0.39, 0.29) is 0 Å². The van der Waals surface area contributed by atoms with Crippen LogP contribution in [0.1, 0.15) is 22.3 Å². The molecule has 2 aromatic rings. The smallest absolute Gasteiger partial charge is 0.150 e. The first-order valence-corrected chi connectivity index (χ1v) is 6.67. The maximum absolute atomic E-state index is 10.9. The highest BCUT2D eigenvalue weighted by atomic mass is 16.1. The number of anilines is 1. The Balaban J connectivity index is 2.04. The maximum atomic E-state index is 10.9. The van der Waals surface area contributed by atoms with Crippen LogP contribution in [-0.2, 0) is 6.42 Å². The molecule has 0 aromatic heterocycles. The van der Waals surface area contributed by atoms with Gasteiger partial charge in [-0.05, 0) is 47.7 Å². The molecule has 1 aliphatic rings. The summed E-state index contributed by atoms with van der Waals surface area (Å²) in [5.41, 5.74) is 5.77. The highest BCUT2D eigenvalue weighted by Crippen LogP contribution is 2.30. The third kappa shape index (κ3) is 2.26. The fourth-order valence-electron chi connectivity index (χ4n) is 2.76. The van der Waals surface area contributed by atoms with E-state index in [9.17, 15) is 4.79 Å². The van der Waals surface area contributed by atoms with Crippen molar-refractivity contribution in [2.24, 2.45) is 0 Å². The Morgan fingerprint density at radius 3 is 2.79 bits per heavy atom. The Kier molecular flexibility index (Phi) is 3.08. The first-order chi connectivity index (χ1) is 9.28. The zero-order valence-corrected chi connectivity index (χ0v) is 11.1. The number of hydrogen-bond acceptors (Lipinski definition) is 2. The largest absolute Gasteiger partial charge is 0.374 e. The van der Waals surface area contributed by atoms with E-state index in [1.807, 2.05) is 18.2 Å². The van der Waals surface area contributed by atoms with Crippen molar-refractivity contribution in [1.29, 1.82) is 0 Å². The highest BCUT2D eigenvalue weighted by Gasteiger charge is 2.14. The van der Waals surface area contributed by atoms with Crippen molar-refractivity contribution in [3.63, 3.8) is 0 Å². The molecule has 0 fully saturated rings. The molecule has 1 heterocycles. The van der Waals surface area contributed by atoms with Gasteiger partial charge in [0.15, 0.2) is 0 Å². The van der Waals surface area contributed by atoms with E-state index in [0.717, 1.165) is 30.4 Å². The van der Waals surface area contributed by atoms with Gasteiger partial charge in [0.05, 0.1) is 0 Å². The first kappa shape index (κ1) is 12.0. The molecule has 0 N–H and O–H groups in total. The summed E-state index contributed by atoms with van der Waals surface area (Å²) in [5, 5.41) is 0. The van der Waals surface area contributed by atoms with Gasteiger partial charge in [-0.15, -0.1) is 0 Å². The van der Waals surface area contributed by atoms with E-state index in [4.69, 9.17) is 0 Å². The van der Waals surface area contributed by atoms with Crippen LogP contribution in [-0.4, -0.2) is 19.9 Å². The number of aldehydes is 1. The first-order valence-electron chi connectivity index (χ1n) is 6.67. The van der Waals surface area contributed by atoms with Crippen molar-refractivity contribution >= 4 is 12.0 Å². The van der Waals surface area contributed by atoms with Crippen LogP contribution in [0, 0.1) is 0 Å². The van der Waals surface area contributed by atoms with Gasteiger partial charge in [-0.25, -0.2) is 0 Å². The molecule has 0 aliphatic carbocycles. The average molecular weight is 251 g/mol. The number of rotatable bonds is 2. The average Bonchev–Trinajstić information content (AvgIpc) is 2.47. The molecule has 0 bridgehead atoms. The molecule has 0 saturated carbocycles. The molecule has 2 nitrogen and oxygen atoms in total. The Labute approximate surface area is 113 Å². The predicted molar refractivity (Wildman–Crippen MR) is 78.9 cm³/mol. The monoisotopic (exact) mass is 251 g/mol. The van der Waals surface area contributed by atoms with Crippen molar-refractivity contribution in [2.75, 3.05) is 18.5 Å². The van der Waals surface area contributed by atoms with Crippen LogP contribution in [0.5, 0.6) is 0 Å². The highest BCUT2D eigenvalue weighted by molar-refractivity contribution is 5.79. The summed E-state index contributed by atoms with van der Waals surface area (Å²) >= 11 is 0. The van der Waals surface area contributed by atoms with Gasteiger partial charge >= 0.3 is 0 Å². The number of benzene rings is 2. The molecule has 0 spiro atoms. The number of fused-ring (bicyclic) bond motifs is 1. The summed E-state index contributed by atoms with van der Waals surface area (Å²) in [7, 11) is 2.14. The molecule has 19 heavy (non-hydrogen) atoms. The second-order valence-electron chi connectivity index (χ2n) is 5.11. The third-order valence-electron chi connectivity index (χ3n) is 3.79. The summed E-state index contributed by atoms with van der Waals surface area (Å²) in [5.74, 6) is 0. The minimum absolute atomic E-state index is 0.729. The zero-order chi connectivity index (χ0) is 13.2. The van der Waals surface area contributed by atoms with Crippen LogP contribution in [0.2, 0.25) is 0 Å². The molecule has 2 heteroatoms. The lowest BCUT2D eigenvalue weighted by molar-refractivity contribution is 0.112. The van der Waals surface area contributed by atoms with Crippen molar-refractivity contribution in [3.05, 3.63) is 53.6 Å². The quantitative estimate of drug-likeness (QED) is 0.761. The van der Waals surface area contributed by atoms with Crippen molar-refractivity contribution in [2.45, 2.75) is 12.8 Å². The maximum Gasteiger partial charge on any atom is 0.150 e. The predicted octanol–water partition coefficient (Wildman–Crippen LogP) is 3.55. The number of hydrogen-bond donors (Lipinski definition) is 0. The Morgan fingerprint density at radius 1 is 1.11 bits per heavy atom. The van der Waals surface area contributed by atoms with Crippen LogP contribution in [0.4, 0.5) is 5.69 Å². The number of carbonyl (C=O) groups is 1. The van der Waals surface area contributed by atoms with Crippen LogP contribution < -0.4 is 4.90 Å². The molecule has 1 aliphatic heterocycles. The lowest BCUT2D eigenvalue weighted by Crippen LogP contribution is -2.24. The van der Waals surface area contributed by atoms with Gasteiger partial charge in [-0.3, -0.25) is 4.79 Å². The topological polar surface area (TPSA) is 20.3 Å². The summed E-state index contributed by atoms with van der Waals surface area (Å²) in [6.45, 7) is 1.13. The summed E-state index contributed by atoms with van der Waals surface area (Å²) in [6.07, 6.45) is 3.25. The fraction of sp³-hybridized carbons (Fsp3) is 0.235. The van der Waals surface area contributed by atoms with E-state index < -0.39 is 0 Å². The lowest BCUT2D eigenvalue weighted by atomic mass is 9.96. The minimum atomic E-state index is 0.729. The summed E-state index contributed by atoms with van der Waals surface area (Å²) < 4.78 is 0. The second kappa shape index (κ2) is 4.88. The zero-order valence-electron chi connectivity index (χ0n) is 11.1. The lowest BCUT2D eigenvalue weighted by Gasteiger charge is -2.27. The van der Waals surface area contributed by atoms with E-state index in [0.29, 0.717) is 0 Å². The van der Waals surface area contributed by atoms with E-state index in [1.54, 1.807) is 0 Å². The molecular weight excluding hydrogens is 234 g/mol. The van der Waals surface area contributed by atoms with Gasteiger partial charge in [0, 0.05) is 24.8 Å². The summed E-state index contributed by atoms with van der Waals surface area (Å²) in [4.78, 5) is 13.2. The molecule has 0 saturated heterocycles. The van der Waals surface area contributed by atoms with Gasteiger partial charge < -0.3 is 4.90 Å². The second-order valence-corrected chi connectivity index (χ2v) is 5.11. The number of aryl methyl sites for hydroxylation is 1. The molecule has 0 unspecified atom stereocenters. The molecule has 2 aromatic carbocycles. The standard InChI is InChI=1S/C17H17NO/c1-18-9-3-6-16-11-15(7-8-17(16)18)14-5-2-4-13(10-14)12-19/h2,4-5,7-8,10-12H,3,6,9H2,1H3. The number of carbonyl (C=O) groups excluding carboxylic acids is 1. The third-order valence-corrected chi connectivity index (χ3v) is 3.79. The number of nitrogens with zero attached hydrogens (tertiary/aromatic N) is 1. The van der Waals surface area contributed by atoms with Gasteiger partial charge in [0.1, 0.15) is 6.29 Å². The molecule has 0 radical (unpaired) electrons. The van der Waals surface area contributed by atoms with Gasteiger partial charge in [0.25, 0.3) is 0 Å². The SMILES string of the molecule is CN1CCCc2cc(-c3cccc(C=O)c3)ccc21. The van der Waals surface area contributed by atoms with Gasteiger partial charge in [-0.1, -0.05) is 24.3 Å². The van der Waals surface area contributed by atoms with E-state index in [1.165, 1.54) is 23.2 Å². The van der Waals surface area contributed by atoms with Crippen molar-refractivity contribution in [1.82, 2.24) is 0 Å². The molecule has 3 rings (SSSR count). The minimum Gasteiger partial charge on any atom is -0.374 e. The van der Waals surface area contributed by atoms with Crippen LogP contribution in [0.3, 0.4) is 0 Å². The Hall–Kier alpha value is -2.09. The van der Waals surface area contributed by atoms with Gasteiger partial charge in [-0.2, -0.15) is 0 Å². The van der Waals surface area contributed by atoms with E-state index in [2.05, 4.69) is 36.2 Å². The molecular formula is C17H17NO. The Morgan fingerprint density at radius 2 is 1.95 bits per heavy atom. The van der Waals surface area contributed by atoms with Crippen molar-refractivity contribution < 1.29 is 4.79 Å². The summed E-state index contributed by atoms with van der Waals surface area (Å²) in [6, 6.07) is 14.4.